The third-order valence-corrected chi connectivity index (χ3v) is 6.81. The summed E-state index contributed by atoms with van der Waals surface area (Å²) in [6, 6.07) is 12.1. The van der Waals surface area contributed by atoms with Crippen LogP contribution in [0.4, 0.5) is 14.5 Å². The Kier molecular flexibility index (Phi) is 6.32. The molecule has 2 heterocycles. The highest BCUT2D eigenvalue weighted by Crippen LogP contribution is 2.41. The lowest BCUT2D eigenvalue weighted by atomic mass is 9.96. The van der Waals surface area contributed by atoms with E-state index >= 15 is 0 Å². The highest BCUT2D eigenvalue weighted by Gasteiger charge is 2.21. The number of phenolic OH excluding ortho intramolecular Hbond substituents is 1. The number of aromatic hydroxyl groups is 1. The largest absolute Gasteiger partial charge is 0.507 e. The standard InChI is InChI=1S/C27H25ClF2N4O2/c1-16-15-33(8-7-31-16)25-12-18(3-5-23(25)30)21-14-19(29)13-20(26(21)35)17-4-6-24(22(28)11-17)34-10-9-32(2)27(34)36/h3-6,9-14,16,31,35H,7-8,15H2,1-2H3/t16-/m1/s1. The molecule has 5 rings (SSSR count). The minimum atomic E-state index is -0.557. The van der Waals surface area contributed by atoms with Crippen LogP contribution in [0.1, 0.15) is 6.92 Å². The van der Waals surface area contributed by atoms with Gasteiger partial charge in [0.15, 0.2) is 0 Å². The van der Waals surface area contributed by atoms with Crippen molar-refractivity contribution in [2.24, 2.45) is 7.05 Å². The van der Waals surface area contributed by atoms with Crippen molar-refractivity contribution in [3.8, 4) is 33.7 Å². The van der Waals surface area contributed by atoms with Crippen molar-refractivity contribution in [1.29, 1.82) is 0 Å². The van der Waals surface area contributed by atoms with Crippen LogP contribution in [0.25, 0.3) is 27.9 Å². The first kappa shape index (κ1) is 24.1. The average Bonchev–Trinajstić information content (AvgIpc) is 3.18. The van der Waals surface area contributed by atoms with Gasteiger partial charge in [-0.15, -0.1) is 0 Å². The van der Waals surface area contributed by atoms with Gasteiger partial charge in [0.2, 0.25) is 0 Å². The van der Waals surface area contributed by atoms with Gasteiger partial charge >= 0.3 is 5.69 Å². The maximum atomic E-state index is 14.8. The first-order chi connectivity index (χ1) is 17.2. The predicted molar refractivity (Wildman–Crippen MR) is 138 cm³/mol. The van der Waals surface area contributed by atoms with E-state index in [4.69, 9.17) is 11.6 Å². The number of halogens is 3. The number of nitrogens with one attached hydrogen (secondary N) is 1. The van der Waals surface area contributed by atoms with Crippen LogP contribution < -0.4 is 15.9 Å². The number of piperazine rings is 1. The molecule has 1 fully saturated rings. The van der Waals surface area contributed by atoms with Gasteiger partial charge in [-0.3, -0.25) is 4.57 Å². The number of aryl methyl sites for hydroxylation is 1. The summed E-state index contributed by atoms with van der Waals surface area (Å²) in [5.41, 5.74) is 2.07. The van der Waals surface area contributed by atoms with Gasteiger partial charge < -0.3 is 19.9 Å². The van der Waals surface area contributed by atoms with Gasteiger partial charge in [0, 0.05) is 56.2 Å². The van der Waals surface area contributed by atoms with Gasteiger partial charge in [0.05, 0.1) is 16.4 Å². The number of hydrogen-bond acceptors (Lipinski definition) is 4. The second kappa shape index (κ2) is 9.44. The van der Waals surface area contributed by atoms with Gasteiger partial charge in [0.1, 0.15) is 17.4 Å². The molecule has 1 aromatic heterocycles. The zero-order valence-corrected chi connectivity index (χ0v) is 20.6. The van der Waals surface area contributed by atoms with Crippen molar-refractivity contribution >= 4 is 17.3 Å². The molecular formula is C27H25ClF2N4O2. The van der Waals surface area contributed by atoms with E-state index < -0.39 is 5.82 Å². The summed E-state index contributed by atoms with van der Waals surface area (Å²) in [7, 11) is 1.64. The van der Waals surface area contributed by atoms with Gasteiger partial charge in [-0.05, 0) is 54.4 Å². The summed E-state index contributed by atoms with van der Waals surface area (Å²) in [6.45, 7) is 4.03. The molecule has 1 aliphatic rings. The van der Waals surface area contributed by atoms with Gasteiger partial charge in [0.25, 0.3) is 0 Å². The fraction of sp³-hybridized carbons (Fsp3) is 0.222. The summed E-state index contributed by atoms with van der Waals surface area (Å²) in [6.07, 6.45) is 3.22. The number of rotatable bonds is 4. The van der Waals surface area contributed by atoms with Crippen LogP contribution in [0.5, 0.6) is 5.75 Å². The monoisotopic (exact) mass is 510 g/mol. The lowest BCUT2D eigenvalue weighted by molar-refractivity contribution is 0.476. The van der Waals surface area contributed by atoms with Crippen molar-refractivity contribution in [1.82, 2.24) is 14.5 Å². The summed E-state index contributed by atoms with van der Waals surface area (Å²) >= 11 is 6.48. The fourth-order valence-electron chi connectivity index (χ4n) is 4.63. The minimum Gasteiger partial charge on any atom is -0.507 e. The van der Waals surface area contributed by atoms with E-state index in [0.29, 0.717) is 35.6 Å². The SMILES string of the molecule is C[C@@H]1CN(c2cc(-c3cc(F)cc(-c4ccc(-n5ccn(C)c5=O)c(Cl)c4)c3O)ccc2F)CCN1. The van der Waals surface area contributed by atoms with E-state index in [1.54, 1.807) is 43.7 Å². The second-order valence-electron chi connectivity index (χ2n) is 9.04. The number of anilines is 1. The van der Waals surface area contributed by atoms with E-state index in [1.807, 2.05) is 11.8 Å². The van der Waals surface area contributed by atoms with Crippen LogP contribution in [0.3, 0.4) is 0 Å². The molecule has 1 atom stereocenters. The number of imidazole rings is 1. The highest BCUT2D eigenvalue weighted by molar-refractivity contribution is 6.32. The molecule has 186 valence electrons. The Balaban J connectivity index is 1.56. The van der Waals surface area contributed by atoms with Gasteiger partial charge in [-0.1, -0.05) is 23.7 Å². The lowest BCUT2D eigenvalue weighted by Crippen LogP contribution is -2.49. The highest BCUT2D eigenvalue weighted by atomic mass is 35.5. The number of aromatic nitrogens is 2. The Bertz CT molecular complexity index is 1510. The summed E-state index contributed by atoms with van der Waals surface area (Å²) < 4.78 is 32.3. The van der Waals surface area contributed by atoms with Crippen LogP contribution in [-0.4, -0.2) is 39.9 Å². The van der Waals surface area contributed by atoms with Crippen molar-refractivity contribution in [2.45, 2.75) is 13.0 Å². The van der Waals surface area contributed by atoms with Crippen LogP contribution in [0, 0.1) is 11.6 Å². The topological polar surface area (TPSA) is 62.4 Å². The maximum absolute atomic E-state index is 14.8. The Morgan fingerprint density at radius 1 is 1.00 bits per heavy atom. The third-order valence-electron chi connectivity index (χ3n) is 6.51. The number of nitrogens with zero attached hydrogens (tertiary/aromatic N) is 3. The molecule has 1 aliphatic heterocycles. The molecule has 2 N–H and O–H groups in total. The molecule has 0 spiro atoms. The number of hydrogen-bond donors (Lipinski definition) is 2. The van der Waals surface area contributed by atoms with Crippen molar-refractivity contribution in [3.05, 3.63) is 88.1 Å². The number of benzene rings is 3. The van der Waals surface area contributed by atoms with Crippen LogP contribution in [0.15, 0.2) is 65.7 Å². The number of phenols is 1. The molecule has 3 aromatic carbocycles. The predicted octanol–water partition coefficient (Wildman–Crippen LogP) is 4.95. The Hall–Kier alpha value is -3.62. The Morgan fingerprint density at radius 2 is 1.69 bits per heavy atom. The third kappa shape index (κ3) is 4.38. The van der Waals surface area contributed by atoms with Gasteiger partial charge in [-0.25, -0.2) is 13.6 Å². The van der Waals surface area contributed by atoms with E-state index in [9.17, 15) is 18.7 Å². The molecular weight excluding hydrogens is 486 g/mol. The molecule has 0 aliphatic carbocycles. The maximum Gasteiger partial charge on any atom is 0.332 e. The van der Waals surface area contributed by atoms with E-state index in [0.717, 1.165) is 6.54 Å². The smallest absolute Gasteiger partial charge is 0.332 e. The van der Waals surface area contributed by atoms with E-state index in [-0.39, 0.29) is 39.4 Å². The van der Waals surface area contributed by atoms with E-state index in [2.05, 4.69) is 5.32 Å². The first-order valence-corrected chi connectivity index (χ1v) is 12.0. The fourth-order valence-corrected chi connectivity index (χ4v) is 4.90. The zero-order chi connectivity index (χ0) is 25.6. The Morgan fingerprint density at radius 3 is 2.33 bits per heavy atom. The molecule has 9 heteroatoms. The molecule has 0 bridgehead atoms. The van der Waals surface area contributed by atoms with Gasteiger partial charge in [-0.2, -0.15) is 0 Å². The molecule has 36 heavy (non-hydrogen) atoms. The molecule has 0 unspecified atom stereocenters. The minimum absolute atomic E-state index is 0.150. The van der Waals surface area contributed by atoms with E-state index in [1.165, 1.54) is 33.4 Å². The molecule has 1 saturated heterocycles. The normalized spacial score (nSPS) is 15.9. The second-order valence-corrected chi connectivity index (χ2v) is 9.45. The van der Waals surface area contributed by atoms with Crippen molar-refractivity contribution in [3.63, 3.8) is 0 Å². The molecule has 0 amide bonds. The lowest BCUT2D eigenvalue weighted by Gasteiger charge is -2.34. The summed E-state index contributed by atoms with van der Waals surface area (Å²) in [5.74, 6) is -1.08. The average molecular weight is 511 g/mol. The molecule has 4 aromatic rings. The molecule has 6 nitrogen and oxygen atoms in total. The molecule has 0 saturated carbocycles. The quantitative estimate of drug-likeness (QED) is 0.408. The van der Waals surface area contributed by atoms with Crippen LogP contribution in [-0.2, 0) is 7.05 Å². The Labute approximate surface area is 212 Å². The van der Waals surface area contributed by atoms with Crippen LogP contribution >= 0.6 is 11.6 Å². The van der Waals surface area contributed by atoms with Crippen molar-refractivity contribution in [2.75, 3.05) is 24.5 Å². The summed E-state index contributed by atoms with van der Waals surface area (Å²) in [5, 5.41) is 14.8. The molecule has 0 radical (unpaired) electrons. The summed E-state index contributed by atoms with van der Waals surface area (Å²) in [4.78, 5) is 14.3. The first-order valence-electron chi connectivity index (χ1n) is 11.6. The zero-order valence-electron chi connectivity index (χ0n) is 19.8. The van der Waals surface area contributed by atoms with Crippen molar-refractivity contribution < 1.29 is 13.9 Å². The van der Waals surface area contributed by atoms with Crippen LogP contribution in [0.2, 0.25) is 5.02 Å².